The van der Waals surface area contributed by atoms with E-state index in [0.717, 1.165) is 69.6 Å². The van der Waals surface area contributed by atoms with Gasteiger partial charge < -0.3 is 14.2 Å². The number of rotatable bonds is 45. The van der Waals surface area contributed by atoms with Gasteiger partial charge in [0.15, 0.2) is 6.10 Å². The van der Waals surface area contributed by atoms with E-state index in [1.807, 2.05) is 0 Å². The zero-order valence-electron chi connectivity index (χ0n) is 39.0. The Balaban J connectivity index is 4.29. The van der Waals surface area contributed by atoms with Crippen molar-refractivity contribution in [2.75, 3.05) is 13.2 Å². The van der Waals surface area contributed by atoms with Crippen LogP contribution in [0.3, 0.4) is 0 Å². The fourth-order valence-corrected chi connectivity index (χ4v) is 7.60. The van der Waals surface area contributed by atoms with Gasteiger partial charge in [0.25, 0.3) is 0 Å². The highest BCUT2D eigenvalue weighted by molar-refractivity contribution is 5.71. The lowest BCUT2D eigenvalue weighted by atomic mass is 9.99. The maximum Gasteiger partial charge on any atom is 0.306 e. The van der Waals surface area contributed by atoms with Gasteiger partial charge in [-0.1, -0.05) is 240 Å². The Morgan fingerprint density at radius 1 is 0.368 bits per heavy atom. The fourth-order valence-electron chi connectivity index (χ4n) is 7.60. The largest absolute Gasteiger partial charge is 0.462 e. The topological polar surface area (TPSA) is 78.9 Å². The molecule has 338 valence electrons. The van der Waals surface area contributed by atoms with Crippen LogP contribution in [0.5, 0.6) is 0 Å². The number of carbonyl (C=O) groups is 3. The lowest BCUT2D eigenvalue weighted by molar-refractivity contribution is -0.167. The van der Waals surface area contributed by atoms with Gasteiger partial charge in [-0.25, -0.2) is 0 Å². The molecule has 0 aliphatic heterocycles. The van der Waals surface area contributed by atoms with E-state index in [9.17, 15) is 14.4 Å². The molecular formula is C51H98O6. The lowest BCUT2D eigenvalue weighted by Crippen LogP contribution is -2.30. The van der Waals surface area contributed by atoms with Crippen molar-refractivity contribution in [1.29, 1.82) is 0 Å². The van der Waals surface area contributed by atoms with Crippen molar-refractivity contribution < 1.29 is 28.6 Å². The van der Waals surface area contributed by atoms with Crippen molar-refractivity contribution in [2.45, 2.75) is 285 Å². The molecule has 0 aliphatic carbocycles. The maximum absolute atomic E-state index is 12.7. The second kappa shape index (κ2) is 44.0. The Morgan fingerprint density at radius 3 is 1.00 bits per heavy atom. The van der Waals surface area contributed by atoms with E-state index in [-0.39, 0.29) is 31.1 Å². The first-order valence-electron chi connectivity index (χ1n) is 25.3. The van der Waals surface area contributed by atoms with Crippen molar-refractivity contribution in [3.63, 3.8) is 0 Å². The maximum atomic E-state index is 12.7. The third-order valence-electron chi connectivity index (χ3n) is 11.8. The highest BCUT2D eigenvalue weighted by Crippen LogP contribution is 2.18. The number of hydrogen-bond donors (Lipinski definition) is 0. The van der Waals surface area contributed by atoms with Gasteiger partial charge in [0.1, 0.15) is 13.2 Å². The molecule has 0 rings (SSSR count). The van der Waals surface area contributed by atoms with E-state index in [1.165, 1.54) is 167 Å². The summed E-state index contributed by atoms with van der Waals surface area (Å²) in [4.78, 5) is 37.9. The minimum atomic E-state index is -0.761. The lowest BCUT2D eigenvalue weighted by Gasteiger charge is -2.18. The van der Waals surface area contributed by atoms with Crippen LogP contribution in [0.2, 0.25) is 0 Å². The average molecular weight is 807 g/mol. The molecule has 0 bridgehead atoms. The minimum Gasteiger partial charge on any atom is -0.462 e. The van der Waals surface area contributed by atoms with Crippen molar-refractivity contribution in [3.05, 3.63) is 0 Å². The highest BCUT2D eigenvalue weighted by atomic mass is 16.6. The second-order valence-corrected chi connectivity index (χ2v) is 18.2. The summed E-state index contributed by atoms with van der Waals surface area (Å²) in [6, 6.07) is 0. The van der Waals surface area contributed by atoms with Gasteiger partial charge in [0, 0.05) is 19.3 Å². The summed E-state index contributed by atoms with van der Waals surface area (Å²) in [5.41, 5.74) is 0. The number of esters is 3. The van der Waals surface area contributed by atoms with Crippen LogP contribution in [0.15, 0.2) is 0 Å². The summed E-state index contributed by atoms with van der Waals surface area (Å²) < 4.78 is 16.8. The first kappa shape index (κ1) is 55.4. The standard InChI is InChI=1S/C51H98O6/c1-6-8-9-10-11-12-21-28-33-38-43-51(54)57-48(45-56-50(53)42-37-32-27-23-18-17-20-25-30-35-40-47(5)7-2)44-55-49(52)41-36-31-26-22-16-14-13-15-19-24-29-34-39-46(3)4/h46-48H,6-45H2,1-5H3/t47?,48-/m1/s1. The molecule has 0 amide bonds. The van der Waals surface area contributed by atoms with E-state index in [2.05, 4.69) is 34.6 Å². The number of hydrogen-bond acceptors (Lipinski definition) is 6. The quantitative estimate of drug-likeness (QED) is 0.0346. The number of ether oxygens (including phenoxy) is 3. The van der Waals surface area contributed by atoms with Crippen molar-refractivity contribution in [2.24, 2.45) is 11.8 Å². The molecule has 0 aliphatic rings. The Morgan fingerprint density at radius 2 is 0.667 bits per heavy atom. The molecule has 0 aromatic rings. The Hall–Kier alpha value is -1.59. The van der Waals surface area contributed by atoms with Crippen molar-refractivity contribution in [3.8, 4) is 0 Å². The average Bonchev–Trinajstić information content (AvgIpc) is 3.19. The van der Waals surface area contributed by atoms with Gasteiger partial charge >= 0.3 is 17.9 Å². The zero-order valence-corrected chi connectivity index (χ0v) is 39.0. The van der Waals surface area contributed by atoms with Crippen LogP contribution < -0.4 is 0 Å². The van der Waals surface area contributed by atoms with E-state index in [4.69, 9.17) is 14.2 Å². The number of carbonyl (C=O) groups excluding carboxylic acids is 3. The molecule has 6 nitrogen and oxygen atoms in total. The van der Waals surface area contributed by atoms with Crippen LogP contribution in [0, 0.1) is 11.8 Å². The molecule has 0 radical (unpaired) electrons. The predicted molar refractivity (Wildman–Crippen MR) is 243 cm³/mol. The minimum absolute atomic E-state index is 0.0640. The van der Waals surface area contributed by atoms with Crippen LogP contribution in [-0.2, 0) is 28.6 Å². The van der Waals surface area contributed by atoms with Crippen molar-refractivity contribution in [1.82, 2.24) is 0 Å². The molecule has 0 aromatic carbocycles. The molecule has 0 spiro atoms. The third-order valence-corrected chi connectivity index (χ3v) is 11.8. The Labute approximate surface area is 355 Å². The Kier molecular flexibility index (Phi) is 42.7. The summed E-state index contributed by atoms with van der Waals surface area (Å²) >= 11 is 0. The van der Waals surface area contributed by atoms with E-state index in [1.54, 1.807) is 0 Å². The third kappa shape index (κ3) is 43.8. The SMILES string of the molecule is CCCCCCCCCCCCC(=O)O[C@H](COC(=O)CCCCCCCCCCCCCCC(C)C)COC(=O)CCCCCCCCCCCCC(C)CC. The van der Waals surface area contributed by atoms with Gasteiger partial charge in [-0.05, 0) is 31.1 Å². The van der Waals surface area contributed by atoms with Crippen LogP contribution in [-0.4, -0.2) is 37.2 Å². The van der Waals surface area contributed by atoms with Crippen LogP contribution in [0.25, 0.3) is 0 Å². The molecular weight excluding hydrogens is 709 g/mol. The monoisotopic (exact) mass is 807 g/mol. The van der Waals surface area contributed by atoms with Gasteiger partial charge in [0.2, 0.25) is 0 Å². The smallest absolute Gasteiger partial charge is 0.306 e. The predicted octanol–water partition coefficient (Wildman–Crippen LogP) is 16.1. The summed E-state index contributed by atoms with van der Waals surface area (Å²) in [5.74, 6) is 0.852. The summed E-state index contributed by atoms with van der Waals surface area (Å²) in [6.07, 6.45) is 43.6. The highest BCUT2D eigenvalue weighted by Gasteiger charge is 2.19. The van der Waals surface area contributed by atoms with Crippen LogP contribution in [0.1, 0.15) is 279 Å². The van der Waals surface area contributed by atoms with Gasteiger partial charge in [-0.3, -0.25) is 14.4 Å². The summed E-state index contributed by atoms with van der Waals surface area (Å²) in [7, 11) is 0. The summed E-state index contributed by atoms with van der Waals surface area (Å²) in [5, 5.41) is 0. The molecule has 6 heteroatoms. The molecule has 0 fully saturated rings. The van der Waals surface area contributed by atoms with E-state index >= 15 is 0 Å². The van der Waals surface area contributed by atoms with Crippen molar-refractivity contribution >= 4 is 17.9 Å². The molecule has 2 atom stereocenters. The van der Waals surface area contributed by atoms with Crippen LogP contribution in [0.4, 0.5) is 0 Å². The molecule has 57 heavy (non-hydrogen) atoms. The molecule has 0 aromatic heterocycles. The van der Waals surface area contributed by atoms with E-state index in [0.29, 0.717) is 19.3 Å². The fraction of sp³-hybridized carbons (Fsp3) is 0.941. The molecule has 0 N–H and O–H groups in total. The van der Waals surface area contributed by atoms with E-state index < -0.39 is 6.10 Å². The van der Waals surface area contributed by atoms with Crippen LogP contribution >= 0.6 is 0 Å². The molecule has 0 saturated carbocycles. The van der Waals surface area contributed by atoms with Gasteiger partial charge in [-0.2, -0.15) is 0 Å². The first-order chi connectivity index (χ1) is 27.8. The molecule has 0 heterocycles. The molecule has 0 saturated heterocycles. The normalized spacial score (nSPS) is 12.5. The number of unbranched alkanes of at least 4 members (excludes halogenated alkanes) is 29. The van der Waals surface area contributed by atoms with Gasteiger partial charge in [-0.15, -0.1) is 0 Å². The second-order valence-electron chi connectivity index (χ2n) is 18.2. The summed E-state index contributed by atoms with van der Waals surface area (Å²) in [6.45, 7) is 11.4. The Bertz CT molecular complexity index is 872. The zero-order chi connectivity index (χ0) is 41.9. The van der Waals surface area contributed by atoms with Gasteiger partial charge in [0.05, 0.1) is 0 Å². The first-order valence-corrected chi connectivity index (χ1v) is 25.3. The molecule has 1 unspecified atom stereocenters.